The molecule has 0 aromatic carbocycles. The molecule has 0 radical (unpaired) electrons. The standard InChI is InChI=1S/C35H53F3N2O2/c1-21-24(22-7-9-23(10-8-22)30(41)42)13-16-31(2)25(21)14-17-33(4)28(31)12-11-26-27-6-5-15-34(27,19-18-32(26,33)3)40-29(20-39)35(36,37)38/h7,13,21,23,25-29,40H,5-6,8-12,14-20,39H2,1-4H3,(H,41,42)/t21?,23?,25?,26?,27?,28?,29?,31-,32+,33?,34?/m0/s1. The quantitative estimate of drug-likeness (QED) is 0.303. The summed E-state index contributed by atoms with van der Waals surface area (Å²) in [5.41, 5.74) is 8.62. The number of hydrogen-bond acceptors (Lipinski definition) is 3. The van der Waals surface area contributed by atoms with Crippen LogP contribution in [-0.2, 0) is 4.79 Å². The summed E-state index contributed by atoms with van der Waals surface area (Å²) < 4.78 is 41.6. The zero-order valence-corrected chi connectivity index (χ0v) is 26.2. The lowest BCUT2D eigenvalue weighted by Gasteiger charge is -2.71. The normalized spacial score (nSPS) is 47.7. The molecule has 7 heteroatoms. The molecular formula is C35H53F3N2O2. The van der Waals surface area contributed by atoms with E-state index in [9.17, 15) is 23.1 Å². The lowest BCUT2D eigenvalue weighted by molar-refractivity contribution is -0.217. The minimum absolute atomic E-state index is 0.130. The van der Waals surface area contributed by atoms with E-state index in [0.29, 0.717) is 36.0 Å². The second-order valence-corrected chi connectivity index (χ2v) is 16.0. The highest BCUT2D eigenvalue weighted by Gasteiger charge is 2.69. The average Bonchev–Trinajstić information content (AvgIpc) is 3.36. The molecule has 236 valence electrons. The molecule has 0 saturated heterocycles. The van der Waals surface area contributed by atoms with E-state index < -0.39 is 30.3 Å². The van der Waals surface area contributed by atoms with Gasteiger partial charge in [0.15, 0.2) is 0 Å². The van der Waals surface area contributed by atoms with Gasteiger partial charge >= 0.3 is 12.1 Å². The minimum Gasteiger partial charge on any atom is -0.481 e. The van der Waals surface area contributed by atoms with Crippen LogP contribution in [0.1, 0.15) is 111 Å². The first kappa shape index (κ1) is 30.7. The number of nitrogens with two attached hydrogens (primary N) is 1. The third kappa shape index (κ3) is 4.40. The van der Waals surface area contributed by atoms with Crippen molar-refractivity contribution in [3.8, 4) is 0 Å². The van der Waals surface area contributed by atoms with Crippen LogP contribution in [0.3, 0.4) is 0 Å². The molecule has 0 aliphatic heterocycles. The second-order valence-electron chi connectivity index (χ2n) is 16.0. The number of alkyl halides is 3. The Morgan fingerprint density at radius 3 is 2.40 bits per heavy atom. The van der Waals surface area contributed by atoms with Crippen molar-refractivity contribution < 1.29 is 23.1 Å². The van der Waals surface area contributed by atoms with E-state index in [4.69, 9.17) is 5.73 Å². The maximum atomic E-state index is 13.9. The zero-order chi connectivity index (χ0) is 30.3. The third-order valence-corrected chi connectivity index (χ3v) is 14.8. The monoisotopic (exact) mass is 590 g/mol. The minimum atomic E-state index is -4.32. The van der Waals surface area contributed by atoms with Gasteiger partial charge in [-0.25, -0.2) is 0 Å². The third-order valence-electron chi connectivity index (χ3n) is 14.8. The van der Waals surface area contributed by atoms with E-state index in [1.54, 1.807) is 0 Å². The van der Waals surface area contributed by atoms with Crippen molar-refractivity contribution in [1.82, 2.24) is 5.32 Å². The largest absolute Gasteiger partial charge is 0.481 e. The number of halogens is 3. The van der Waals surface area contributed by atoms with Crippen LogP contribution < -0.4 is 11.1 Å². The number of carbonyl (C=O) groups is 1. The number of rotatable bonds is 5. The van der Waals surface area contributed by atoms with E-state index in [1.165, 1.54) is 30.4 Å². The van der Waals surface area contributed by atoms with Crippen LogP contribution in [-0.4, -0.2) is 35.4 Å². The van der Waals surface area contributed by atoms with Gasteiger partial charge in [-0.2, -0.15) is 13.2 Å². The molecular weight excluding hydrogens is 537 g/mol. The summed E-state index contributed by atoms with van der Waals surface area (Å²) in [5.74, 6) is 1.52. The van der Waals surface area contributed by atoms with E-state index in [1.807, 2.05) is 0 Å². The fourth-order valence-electron chi connectivity index (χ4n) is 12.4. The molecule has 0 heterocycles. The number of carboxylic acid groups (broad SMARTS) is 1. The van der Waals surface area contributed by atoms with Crippen molar-refractivity contribution in [2.45, 2.75) is 129 Å². The van der Waals surface area contributed by atoms with Gasteiger partial charge in [-0.3, -0.25) is 10.1 Å². The summed E-state index contributed by atoms with van der Waals surface area (Å²) in [7, 11) is 0. The molecule has 4 fully saturated rings. The maximum absolute atomic E-state index is 13.9. The van der Waals surface area contributed by atoms with Gasteiger partial charge in [0.1, 0.15) is 6.04 Å². The van der Waals surface area contributed by atoms with Crippen molar-refractivity contribution in [1.29, 1.82) is 0 Å². The molecule has 0 amide bonds. The Hall–Kier alpha value is -1.34. The van der Waals surface area contributed by atoms with Crippen molar-refractivity contribution in [2.24, 2.45) is 57.5 Å². The van der Waals surface area contributed by atoms with E-state index >= 15 is 0 Å². The molecule has 0 spiro atoms. The predicted molar refractivity (Wildman–Crippen MR) is 160 cm³/mol. The molecule has 6 aliphatic rings. The average molecular weight is 591 g/mol. The summed E-state index contributed by atoms with van der Waals surface area (Å²) in [6.45, 7) is 9.67. The van der Waals surface area contributed by atoms with Gasteiger partial charge in [0, 0.05) is 12.1 Å². The van der Waals surface area contributed by atoms with Crippen LogP contribution in [0.2, 0.25) is 0 Å². The highest BCUT2D eigenvalue weighted by atomic mass is 19.4. The van der Waals surface area contributed by atoms with Gasteiger partial charge in [0.25, 0.3) is 0 Å². The summed E-state index contributed by atoms with van der Waals surface area (Å²) in [4.78, 5) is 11.5. The summed E-state index contributed by atoms with van der Waals surface area (Å²) >= 11 is 0. The number of allylic oxidation sites excluding steroid dienone is 4. The van der Waals surface area contributed by atoms with Gasteiger partial charge in [-0.1, -0.05) is 46.3 Å². The second kappa shape index (κ2) is 10.4. The highest BCUT2D eigenvalue weighted by molar-refractivity contribution is 5.70. The van der Waals surface area contributed by atoms with E-state index in [0.717, 1.165) is 57.8 Å². The van der Waals surface area contributed by atoms with E-state index in [2.05, 4.69) is 45.2 Å². The molecule has 0 bridgehead atoms. The molecule has 42 heavy (non-hydrogen) atoms. The SMILES string of the molecule is CC1C(C2=CCC(C(=O)O)CC2)=CC[C@@]2(C)C1CCC1(C)C2CCC2C3CCCC3(NC(CN)C(F)(F)F)CC[C@]21C. The number of hydrogen-bond donors (Lipinski definition) is 3. The van der Waals surface area contributed by atoms with Crippen LogP contribution in [0, 0.1) is 51.8 Å². The molecule has 0 aromatic rings. The van der Waals surface area contributed by atoms with Gasteiger partial charge < -0.3 is 10.8 Å². The summed E-state index contributed by atoms with van der Waals surface area (Å²) in [6.07, 6.45) is 13.1. The lowest BCUT2D eigenvalue weighted by Crippen LogP contribution is -2.68. The summed E-state index contributed by atoms with van der Waals surface area (Å²) in [6, 6.07) is -1.62. The molecule has 4 saturated carbocycles. The molecule has 4 nitrogen and oxygen atoms in total. The van der Waals surface area contributed by atoms with Crippen LogP contribution in [0.15, 0.2) is 23.3 Å². The van der Waals surface area contributed by atoms with Crippen molar-refractivity contribution in [3.63, 3.8) is 0 Å². The Labute approximate surface area is 250 Å². The van der Waals surface area contributed by atoms with Gasteiger partial charge in [0.05, 0.1) is 5.92 Å². The Bertz CT molecular complexity index is 1150. The summed E-state index contributed by atoms with van der Waals surface area (Å²) in [5, 5.41) is 12.6. The molecule has 11 atom stereocenters. The fourth-order valence-corrected chi connectivity index (χ4v) is 12.4. The van der Waals surface area contributed by atoms with E-state index in [-0.39, 0.29) is 22.2 Å². The first-order valence-electron chi connectivity index (χ1n) is 16.9. The molecule has 6 aliphatic carbocycles. The molecule has 6 rings (SSSR count). The Balaban J connectivity index is 1.26. The van der Waals surface area contributed by atoms with Crippen LogP contribution in [0.5, 0.6) is 0 Å². The van der Waals surface area contributed by atoms with Crippen molar-refractivity contribution in [2.75, 3.05) is 6.54 Å². The molecule has 9 unspecified atom stereocenters. The van der Waals surface area contributed by atoms with Gasteiger partial charge in [-0.15, -0.1) is 0 Å². The van der Waals surface area contributed by atoms with Crippen molar-refractivity contribution in [3.05, 3.63) is 23.3 Å². The first-order valence-corrected chi connectivity index (χ1v) is 16.9. The highest BCUT2D eigenvalue weighted by Crippen LogP contribution is 2.75. The molecule has 4 N–H and O–H groups in total. The lowest BCUT2D eigenvalue weighted by atomic mass is 9.34. The Kier molecular flexibility index (Phi) is 7.56. The van der Waals surface area contributed by atoms with Crippen LogP contribution in [0.25, 0.3) is 0 Å². The maximum Gasteiger partial charge on any atom is 0.405 e. The number of carboxylic acids is 1. The van der Waals surface area contributed by atoms with Crippen molar-refractivity contribution >= 4 is 5.97 Å². The first-order chi connectivity index (χ1) is 19.7. The Morgan fingerprint density at radius 1 is 1.00 bits per heavy atom. The number of fused-ring (bicyclic) bond motifs is 7. The smallest absolute Gasteiger partial charge is 0.405 e. The van der Waals surface area contributed by atoms with Gasteiger partial charge in [0.2, 0.25) is 0 Å². The van der Waals surface area contributed by atoms with Gasteiger partial charge in [-0.05, 0) is 134 Å². The molecule has 0 aromatic heterocycles. The number of aliphatic carboxylic acids is 1. The fraction of sp³-hybridized carbons (Fsp3) is 0.857. The zero-order valence-electron chi connectivity index (χ0n) is 26.2. The van der Waals surface area contributed by atoms with Crippen LogP contribution >= 0.6 is 0 Å². The predicted octanol–water partition coefficient (Wildman–Crippen LogP) is 8.03. The Morgan fingerprint density at radius 2 is 1.76 bits per heavy atom. The number of nitrogens with one attached hydrogen (secondary N) is 1. The van der Waals surface area contributed by atoms with Crippen LogP contribution in [0.4, 0.5) is 13.2 Å². The topological polar surface area (TPSA) is 75.3 Å².